The van der Waals surface area contributed by atoms with Gasteiger partial charge in [0.2, 0.25) is 0 Å². The molecule has 1 atom stereocenters. The molecule has 1 aromatic carbocycles. The summed E-state index contributed by atoms with van der Waals surface area (Å²) in [6.07, 6.45) is 7.18. The molecule has 1 N–H and O–H groups in total. The van der Waals surface area contributed by atoms with E-state index in [-0.39, 0.29) is 0 Å². The molecule has 3 rings (SSSR count). The molecule has 1 aliphatic carbocycles. The molecule has 0 bridgehead atoms. The second kappa shape index (κ2) is 6.05. The normalized spacial score (nSPS) is 17.8. The summed E-state index contributed by atoms with van der Waals surface area (Å²) in [7, 11) is 1.72. The molecule has 5 nitrogen and oxygen atoms in total. The molecule has 20 heavy (non-hydrogen) atoms. The Morgan fingerprint density at radius 2 is 2.40 bits per heavy atom. The maximum Gasteiger partial charge on any atom is 0.119 e. The average molecular weight is 272 g/mol. The van der Waals surface area contributed by atoms with Gasteiger partial charge in [0.05, 0.1) is 19.9 Å². The Bertz CT molecular complexity index is 553. The minimum Gasteiger partial charge on any atom is -0.497 e. The van der Waals surface area contributed by atoms with Crippen LogP contribution in [0.1, 0.15) is 30.0 Å². The Labute approximate surface area is 118 Å². The number of fused-ring (bicyclic) bond motifs is 1. The summed E-state index contributed by atoms with van der Waals surface area (Å²) in [6.45, 7) is 1.74. The lowest BCUT2D eigenvalue weighted by Gasteiger charge is -2.27. The van der Waals surface area contributed by atoms with Crippen LogP contribution >= 0.6 is 0 Å². The third-order valence-electron chi connectivity index (χ3n) is 3.87. The second-order valence-electron chi connectivity index (χ2n) is 5.13. The number of hydrogen-bond donors (Lipinski definition) is 1. The van der Waals surface area contributed by atoms with Crippen LogP contribution in [0.5, 0.6) is 5.75 Å². The third-order valence-corrected chi connectivity index (χ3v) is 3.87. The largest absolute Gasteiger partial charge is 0.497 e. The molecular formula is C15H20N4O. The maximum absolute atomic E-state index is 5.34. The highest BCUT2D eigenvalue weighted by Crippen LogP contribution is 2.32. The van der Waals surface area contributed by atoms with Gasteiger partial charge in [-0.25, -0.2) is 0 Å². The molecule has 0 spiro atoms. The second-order valence-corrected chi connectivity index (χ2v) is 5.13. The van der Waals surface area contributed by atoms with E-state index < -0.39 is 0 Å². The van der Waals surface area contributed by atoms with Gasteiger partial charge in [0.25, 0.3) is 0 Å². The molecule has 1 aliphatic rings. The van der Waals surface area contributed by atoms with Crippen molar-refractivity contribution in [3.05, 3.63) is 41.7 Å². The van der Waals surface area contributed by atoms with Gasteiger partial charge < -0.3 is 10.1 Å². The Kier molecular flexibility index (Phi) is 3.97. The molecule has 0 radical (unpaired) electrons. The topological polar surface area (TPSA) is 52.0 Å². The first-order valence-electron chi connectivity index (χ1n) is 7.11. The molecule has 0 amide bonds. The SMILES string of the molecule is COc1ccc2c(c1)C(NCCn1ccnn1)CCC2. The highest BCUT2D eigenvalue weighted by molar-refractivity contribution is 5.39. The molecule has 0 aliphatic heterocycles. The predicted molar refractivity (Wildman–Crippen MR) is 76.7 cm³/mol. The Morgan fingerprint density at radius 3 is 3.20 bits per heavy atom. The number of methoxy groups -OCH3 is 1. The van der Waals surface area contributed by atoms with E-state index >= 15 is 0 Å². The number of ether oxygens (including phenoxy) is 1. The van der Waals surface area contributed by atoms with Gasteiger partial charge in [-0.3, -0.25) is 4.68 Å². The van der Waals surface area contributed by atoms with Gasteiger partial charge in [0.15, 0.2) is 0 Å². The molecule has 0 saturated carbocycles. The van der Waals surface area contributed by atoms with Gasteiger partial charge in [-0.05, 0) is 42.5 Å². The van der Waals surface area contributed by atoms with Crippen molar-refractivity contribution in [3.63, 3.8) is 0 Å². The summed E-state index contributed by atoms with van der Waals surface area (Å²) < 4.78 is 7.19. The zero-order chi connectivity index (χ0) is 13.8. The Morgan fingerprint density at radius 1 is 1.45 bits per heavy atom. The predicted octanol–water partition coefficient (Wildman–Crippen LogP) is 1.95. The quantitative estimate of drug-likeness (QED) is 0.904. The summed E-state index contributed by atoms with van der Waals surface area (Å²) in [5, 5.41) is 11.4. The van der Waals surface area contributed by atoms with Crippen LogP contribution in [0.4, 0.5) is 0 Å². The average Bonchev–Trinajstić information content (AvgIpc) is 3.00. The van der Waals surface area contributed by atoms with Gasteiger partial charge in [-0.2, -0.15) is 0 Å². The molecule has 106 valence electrons. The highest BCUT2D eigenvalue weighted by atomic mass is 16.5. The molecule has 0 saturated heterocycles. The minimum atomic E-state index is 0.414. The lowest BCUT2D eigenvalue weighted by atomic mass is 9.87. The first-order chi connectivity index (χ1) is 9.86. The molecular weight excluding hydrogens is 252 g/mol. The van der Waals surface area contributed by atoms with Gasteiger partial charge in [0.1, 0.15) is 5.75 Å². The number of hydrogen-bond acceptors (Lipinski definition) is 4. The van der Waals surface area contributed by atoms with E-state index in [1.54, 1.807) is 13.3 Å². The van der Waals surface area contributed by atoms with Crippen molar-refractivity contribution >= 4 is 0 Å². The standard InChI is InChI=1S/C15H20N4O/c1-20-13-6-5-12-3-2-4-15(14(12)11-13)16-7-9-19-10-8-17-18-19/h5-6,8,10-11,15-16H,2-4,7,9H2,1H3. The van der Waals surface area contributed by atoms with Crippen LogP contribution in [0.25, 0.3) is 0 Å². The molecule has 2 aromatic rings. The number of aryl methyl sites for hydroxylation is 1. The monoisotopic (exact) mass is 272 g/mol. The Balaban J connectivity index is 1.66. The fourth-order valence-corrected chi connectivity index (χ4v) is 2.82. The number of nitrogens with zero attached hydrogens (tertiary/aromatic N) is 3. The number of rotatable bonds is 5. The first kappa shape index (κ1) is 13.1. The molecule has 1 unspecified atom stereocenters. The summed E-state index contributed by atoms with van der Waals surface area (Å²) in [5.41, 5.74) is 2.82. The lowest BCUT2D eigenvalue weighted by molar-refractivity contribution is 0.406. The van der Waals surface area contributed by atoms with Crippen molar-refractivity contribution in [2.75, 3.05) is 13.7 Å². The van der Waals surface area contributed by atoms with Crippen LogP contribution in [-0.4, -0.2) is 28.6 Å². The molecule has 5 heteroatoms. The fourth-order valence-electron chi connectivity index (χ4n) is 2.82. The maximum atomic E-state index is 5.34. The lowest BCUT2D eigenvalue weighted by Crippen LogP contribution is -2.28. The van der Waals surface area contributed by atoms with Gasteiger partial charge in [0, 0.05) is 18.8 Å². The van der Waals surface area contributed by atoms with Gasteiger partial charge in [-0.1, -0.05) is 11.3 Å². The fraction of sp³-hybridized carbons (Fsp3) is 0.467. The number of nitrogens with one attached hydrogen (secondary N) is 1. The smallest absolute Gasteiger partial charge is 0.119 e. The summed E-state index contributed by atoms with van der Waals surface area (Å²) in [6, 6.07) is 6.83. The van der Waals surface area contributed by atoms with E-state index in [9.17, 15) is 0 Å². The zero-order valence-corrected chi connectivity index (χ0v) is 11.7. The van der Waals surface area contributed by atoms with Crippen molar-refractivity contribution in [2.24, 2.45) is 0 Å². The van der Waals surface area contributed by atoms with Crippen molar-refractivity contribution in [1.82, 2.24) is 20.3 Å². The minimum absolute atomic E-state index is 0.414. The first-order valence-corrected chi connectivity index (χ1v) is 7.11. The summed E-state index contributed by atoms with van der Waals surface area (Å²) >= 11 is 0. The van der Waals surface area contributed by atoms with Crippen molar-refractivity contribution < 1.29 is 4.74 Å². The van der Waals surface area contributed by atoms with Crippen molar-refractivity contribution in [3.8, 4) is 5.75 Å². The van der Waals surface area contributed by atoms with Gasteiger partial charge in [-0.15, -0.1) is 5.10 Å². The van der Waals surface area contributed by atoms with E-state index in [0.29, 0.717) is 6.04 Å². The van der Waals surface area contributed by atoms with Crippen LogP contribution in [0.3, 0.4) is 0 Å². The van der Waals surface area contributed by atoms with Crippen LogP contribution in [0.15, 0.2) is 30.6 Å². The van der Waals surface area contributed by atoms with Crippen LogP contribution in [-0.2, 0) is 13.0 Å². The van der Waals surface area contributed by atoms with Crippen LogP contribution < -0.4 is 10.1 Å². The van der Waals surface area contributed by atoms with Gasteiger partial charge >= 0.3 is 0 Å². The third kappa shape index (κ3) is 2.82. The van der Waals surface area contributed by atoms with E-state index in [4.69, 9.17) is 4.74 Å². The van der Waals surface area contributed by atoms with Crippen molar-refractivity contribution in [1.29, 1.82) is 0 Å². The van der Waals surface area contributed by atoms with Crippen LogP contribution in [0.2, 0.25) is 0 Å². The summed E-state index contributed by atoms with van der Waals surface area (Å²) in [5.74, 6) is 0.939. The van der Waals surface area contributed by atoms with Crippen molar-refractivity contribution in [2.45, 2.75) is 31.8 Å². The van der Waals surface area contributed by atoms with E-state index in [1.807, 2.05) is 10.9 Å². The number of benzene rings is 1. The summed E-state index contributed by atoms with van der Waals surface area (Å²) in [4.78, 5) is 0. The molecule has 0 fully saturated rings. The van der Waals surface area contributed by atoms with Crippen LogP contribution in [0, 0.1) is 0 Å². The molecule has 1 heterocycles. The Hall–Kier alpha value is -1.88. The number of aromatic nitrogens is 3. The van der Waals surface area contributed by atoms with E-state index in [0.717, 1.165) is 18.8 Å². The molecule has 1 aromatic heterocycles. The van der Waals surface area contributed by atoms with E-state index in [1.165, 1.54) is 30.4 Å². The zero-order valence-electron chi connectivity index (χ0n) is 11.7. The highest BCUT2D eigenvalue weighted by Gasteiger charge is 2.20. The van der Waals surface area contributed by atoms with E-state index in [2.05, 4.69) is 33.8 Å².